The average molecular weight is 257 g/mol. The van der Waals surface area contributed by atoms with Gasteiger partial charge in [-0.25, -0.2) is 0 Å². The molecule has 98 valence electrons. The van der Waals surface area contributed by atoms with Gasteiger partial charge < -0.3 is 14.6 Å². The Morgan fingerprint density at radius 3 is 3.16 bits per heavy atom. The molecule has 1 aliphatic carbocycles. The monoisotopic (exact) mass is 257 g/mol. The fraction of sp³-hybridized carbons (Fsp3) is 0.429. The van der Waals surface area contributed by atoms with Gasteiger partial charge in [-0.2, -0.15) is 4.98 Å². The van der Waals surface area contributed by atoms with Crippen LogP contribution in [0.2, 0.25) is 0 Å². The molecule has 4 rings (SSSR count). The van der Waals surface area contributed by atoms with Gasteiger partial charge in [0.1, 0.15) is 6.61 Å². The van der Waals surface area contributed by atoms with Crippen molar-refractivity contribution >= 4 is 5.69 Å². The number of benzene rings is 1. The highest BCUT2D eigenvalue weighted by molar-refractivity contribution is 5.74. The fourth-order valence-corrected chi connectivity index (χ4v) is 2.37. The van der Waals surface area contributed by atoms with Crippen molar-refractivity contribution in [3.8, 4) is 17.2 Å². The van der Waals surface area contributed by atoms with Crippen LogP contribution in [0.4, 0.5) is 5.69 Å². The van der Waals surface area contributed by atoms with Gasteiger partial charge in [0.25, 0.3) is 5.89 Å². The zero-order valence-corrected chi connectivity index (χ0v) is 10.6. The highest BCUT2D eigenvalue weighted by atomic mass is 16.5. The van der Waals surface area contributed by atoms with Crippen molar-refractivity contribution in [1.29, 1.82) is 0 Å². The normalized spacial score (nSPS) is 17.5. The zero-order valence-electron chi connectivity index (χ0n) is 10.6. The Kier molecular flexibility index (Phi) is 2.43. The highest BCUT2D eigenvalue weighted by Crippen LogP contribution is 2.38. The molecule has 0 bridgehead atoms. The van der Waals surface area contributed by atoms with E-state index >= 15 is 0 Å². The molecule has 0 radical (unpaired) electrons. The second kappa shape index (κ2) is 4.26. The number of ether oxygens (including phenoxy) is 1. The van der Waals surface area contributed by atoms with E-state index in [0.29, 0.717) is 12.5 Å². The van der Waals surface area contributed by atoms with Crippen LogP contribution in [-0.4, -0.2) is 23.3 Å². The van der Waals surface area contributed by atoms with Crippen LogP contribution in [0, 0.1) is 5.92 Å². The zero-order chi connectivity index (χ0) is 12.7. The van der Waals surface area contributed by atoms with E-state index in [9.17, 15) is 0 Å². The third-order valence-corrected chi connectivity index (χ3v) is 3.55. The molecule has 2 aliphatic rings. The number of nitrogens with zero attached hydrogens (tertiary/aromatic N) is 2. The van der Waals surface area contributed by atoms with Gasteiger partial charge in [-0.05, 0) is 30.9 Å². The summed E-state index contributed by atoms with van der Waals surface area (Å²) in [5, 5.41) is 7.37. The van der Waals surface area contributed by atoms with Crippen LogP contribution >= 0.6 is 0 Å². The van der Waals surface area contributed by atoms with Gasteiger partial charge in [0.15, 0.2) is 11.6 Å². The van der Waals surface area contributed by atoms with E-state index < -0.39 is 0 Å². The SMILES string of the molecule is c1cc2c(c(-c3nc(CC4CC4)no3)c1)OCCN2. The van der Waals surface area contributed by atoms with Crippen molar-refractivity contribution in [2.24, 2.45) is 5.92 Å². The van der Waals surface area contributed by atoms with Crippen molar-refractivity contribution in [2.45, 2.75) is 19.3 Å². The molecule has 1 N–H and O–H groups in total. The van der Waals surface area contributed by atoms with Crippen molar-refractivity contribution in [1.82, 2.24) is 10.1 Å². The largest absolute Gasteiger partial charge is 0.489 e. The molecule has 1 fully saturated rings. The van der Waals surface area contributed by atoms with E-state index in [1.807, 2.05) is 18.2 Å². The summed E-state index contributed by atoms with van der Waals surface area (Å²) in [4.78, 5) is 4.48. The lowest BCUT2D eigenvalue weighted by Gasteiger charge is -2.20. The second-order valence-corrected chi connectivity index (χ2v) is 5.12. The molecule has 2 heterocycles. The lowest BCUT2D eigenvalue weighted by atomic mass is 10.1. The first-order chi connectivity index (χ1) is 9.40. The Morgan fingerprint density at radius 2 is 2.26 bits per heavy atom. The van der Waals surface area contributed by atoms with Crippen LogP contribution < -0.4 is 10.1 Å². The summed E-state index contributed by atoms with van der Waals surface area (Å²) in [6.07, 6.45) is 3.51. The van der Waals surface area contributed by atoms with Gasteiger partial charge in [0.2, 0.25) is 0 Å². The molecule has 0 saturated heterocycles. The molecule has 19 heavy (non-hydrogen) atoms. The van der Waals surface area contributed by atoms with E-state index in [0.717, 1.165) is 41.7 Å². The lowest BCUT2D eigenvalue weighted by molar-refractivity contribution is 0.322. The number of nitrogens with one attached hydrogen (secondary N) is 1. The summed E-state index contributed by atoms with van der Waals surface area (Å²) in [5.41, 5.74) is 1.87. The van der Waals surface area contributed by atoms with Gasteiger partial charge in [0.05, 0.1) is 11.3 Å². The van der Waals surface area contributed by atoms with Crippen LogP contribution in [0.15, 0.2) is 22.7 Å². The first-order valence-electron chi connectivity index (χ1n) is 6.73. The lowest BCUT2D eigenvalue weighted by Crippen LogP contribution is -2.18. The van der Waals surface area contributed by atoms with Crippen molar-refractivity contribution < 1.29 is 9.26 Å². The van der Waals surface area contributed by atoms with Crippen molar-refractivity contribution in [3.63, 3.8) is 0 Å². The molecule has 0 atom stereocenters. The number of aromatic nitrogens is 2. The topological polar surface area (TPSA) is 60.2 Å². The molecular formula is C14H15N3O2. The van der Waals surface area contributed by atoms with Crippen LogP contribution in [-0.2, 0) is 6.42 Å². The summed E-state index contributed by atoms with van der Waals surface area (Å²) in [5.74, 6) is 2.93. The summed E-state index contributed by atoms with van der Waals surface area (Å²) >= 11 is 0. The molecule has 0 unspecified atom stereocenters. The van der Waals surface area contributed by atoms with Crippen molar-refractivity contribution in [3.05, 3.63) is 24.0 Å². The van der Waals surface area contributed by atoms with Crippen LogP contribution in [0.3, 0.4) is 0 Å². The predicted molar refractivity (Wildman–Crippen MR) is 70.1 cm³/mol. The van der Waals surface area contributed by atoms with Gasteiger partial charge in [0, 0.05) is 13.0 Å². The van der Waals surface area contributed by atoms with E-state index in [4.69, 9.17) is 9.26 Å². The van der Waals surface area contributed by atoms with Gasteiger partial charge in [-0.15, -0.1) is 0 Å². The third kappa shape index (κ3) is 2.05. The summed E-state index contributed by atoms with van der Waals surface area (Å²) in [6.45, 7) is 1.49. The van der Waals surface area contributed by atoms with E-state index in [-0.39, 0.29) is 0 Å². The molecule has 2 aromatic rings. The summed E-state index contributed by atoms with van der Waals surface area (Å²) < 4.78 is 11.1. The number of hydrogen-bond acceptors (Lipinski definition) is 5. The predicted octanol–water partition coefficient (Wildman–Crippen LogP) is 2.49. The molecule has 0 spiro atoms. The highest BCUT2D eigenvalue weighted by Gasteiger charge is 2.25. The molecule has 1 saturated carbocycles. The summed E-state index contributed by atoms with van der Waals surface area (Å²) in [7, 11) is 0. The van der Waals surface area contributed by atoms with Gasteiger partial charge in [-0.1, -0.05) is 11.2 Å². The standard InChI is InChI=1S/C14H15N3O2/c1-2-10(13-11(3-1)15-6-7-18-13)14-16-12(17-19-14)8-9-4-5-9/h1-3,9,15H,4-8H2. The number of anilines is 1. The van der Waals surface area contributed by atoms with E-state index in [2.05, 4.69) is 15.5 Å². The Balaban J connectivity index is 1.69. The molecule has 1 aromatic heterocycles. The van der Waals surface area contributed by atoms with Gasteiger partial charge >= 0.3 is 0 Å². The smallest absolute Gasteiger partial charge is 0.261 e. The molecule has 1 aromatic carbocycles. The average Bonchev–Trinajstić information content (AvgIpc) is 3.14. The second-order valence-electron chi connectivity index (χ2n) is 5.12. The number of fused-ring (bicyclic) bond motifs is 1. The van der Waals surface area contributed by atoms with Crippen LogP contribution in [0.1, 0.15) is 18.7 Å². The third-order valence-electron chi connectivity index (χ3n) is 3.55. The summed E-state index contributed by atoms with van der Waals surface area (Å²) in [6, 6.07) is 5.93. The first-order valence-corrected chi connectivity index (χ1v) is 6.73. The molecule has 1 aliphatic heterocycles. The molecule has 5 nitrogen and oxygen atoms in total. The minimum absolute atomic E-state index is 0.552. The Bertz CT molecular complexity index is 604. The maximum atomic E-state index is 5.72. The van der Waals surface area contributed by atoms with Crippen LogP contribution in [0.5, 0.6) is 5.75 Å². The Morgan fingerprint density at radius 1 is 1.32 bits per heavy atom. The molecule has 0 amide bonds. The van der Waals surface area contributed by atoms with Crippen molar-refractivity contribution in [2.75, 3.05) is 18.5 Å². The van der Waals surface area contributed by atoms with Crippen LogP contribution in [0.25, 0.3) is 11.5 Å². The molecular weight excluding hydrogens is 242 g/mol. The first kappa shape index (κ1) is 10.8. The minimum Gasteiger partial charge on any atom is -0.489 e. The van der Waals surface area contributed by atoms with E-state index in [1.54, 1.807) is 0 Å². The number of rotatable bonds is 3. The Hall–Kier alpha value is -2.04. The number of para-hydroxylation sites is 1. The van der Waals surface area contributed by atoms with Gasteiger partial charge in [-0.3, -0.25) is 0 Å². The minimum atomic E-state index is 0.552. The number of hydrogen-bond donors (Lipinski definition) is 1. The Labute approximate surface area is 111 Å². The maximum absolute atomic E-state index is 5.72. The quantitative estimate of drug-likeness (QED) is 0.915. The maximum Gasteiger partial charge on any atom is 0.261 e. The fourth-order valence-electron chi connectivity index (χ4n) is 2.37. The molecule has 5 heteroatoms. The van der Waals surface area contributed by atoms with E-state index in [1.165, 1.54) is 12.8 Å².